The van der Waals surface area contributed by atoms with Gasteiger partial charge in [-0.25, -0.2) is 4.98 Å². The molecule has 1 aromatic carbocycles. The molecule has 0 bridgehead atoms. The van der Waals surface area contributed by atoms with Gasteiger partial charge < -0.3 is 10.2 Å². The molecule has 0 spiro atoms. The Hall–Kier alpha value is -1.72. The molecule has 1 fully saturated rings. The molecule has 1 aromatic heterocycles. The predicted molar refractivity (Wildman–Crippen MR) is 89.2 cm³/mol. The number of benzene rings is 1. The molecule has 4 nitrogen and oxygen atoms in total. The minimum absolute atomic E-state index is 0.0452. The molecule has 1 saturated heterocycles. The van der Waals surface area contributed by atoms with Crippen molar-refractivity contribution in [3.63, 3.8) is 0 Å². The number of rotatable bonds is 5. The van der Waals surface area contributed by atoms with Crippen LogP contribution in [0.25, 0.3) is 0 Å². The second kappa shape index (κ2) is 7.51. The number of nitrogens with one attached hydrogen (secondary N) is 1. The third-order valence-corrected chi connectivity index (χ3v) is 4.65. The number of amides is 1. The Bertz CT molecular complexity index is 585. The summed E-state index contributed by atoms with van der Waals surface area (Å²) in [7, 11) is 0. The van der Waals surface area contributed by atoms with E-state index in [0.29, 0.717) is 5.69 Å². The first kappa shape index (κ1) is 15.2. The highest BCUT2D eigenvalue weighted by Gasteiger charge is 2.22. The quantitative estimate of drug-likeness (QED) is 0.922. The molecule has 0 unspecified atom stereocenters. The van der Waals surface area contributed by atoms with Crippen molar-refractivity contribution >= 4 is 17.2 Å². The molecule has 2 aromatic rings. The summed E-state index contributed by atoms with van der Waals surface area (Å²) in [6, 6.07) is 10.8. The van der Waals surface area contributed by atoms with E-state index in [1.165, 1.54) is 16.9 Å². The highest BCUT2D eigenvalue weighted by Crippen LogP contribution is 2.12. The molecule has 1 amide bonds. The molecular formula is C17H21N3OS. The Morgan fingerprint density at radius 2 is 2.23 bits per heavy atom. The Morgan fingerprint density at radius 3 is 3.00 bits per heavy atom. The second-order valence-electron chi connectivity index (χ2n) is 5.72. The molecule has 1 aliphatic rings. The zero-order chi connectivity index (χ0) is 15.2. The van der Waals surface area contributed by atoms with Crippen molar-refractivity contribution in [2.75, 3.05) is 19.6 Å². The lowest BCUT2D eigenvalue weighted by Crippen LogP contribution is -2.48. The largest absolute Gasteiger partial charge is 0.347 e. The molecule has 0 saturated carbocycles. The standard InChI is InChI=1S/C17H21N3OS/c21-17(16-12-22-13-18-16)19-15-7-4-9-20(11-15)10-8-14-5-2-1-3-6-14/h1-3,5-6,12-13,15H,4,7-11H2,(H,19,21)/t15-/m1/s1. The van der Waals surface area contributed by atoms with E-state index in [9.17, 15) is 4.79 Å². The van der Waals surface area contributed by atoms with Crippen LogP contribution in [-0.2, 0) is 6.42 Å². The smallest absolute Gasteiger partial charge is 0.271 e. The number of hydrogen-bond acceptors (Lipinski definition) is 4. The van der Waals surface area contributed by atoms with Gasteiger partial charge in [-0.1, -0.05) is 30.3 Å². The fourth-order valence-electron chi connectivity index (χ4n) is 2.89. The predicted octanol–water partition coefficient (Wildman–Crippen LogP) is 2.58. The number of piperidine rings is 1. The maximum atomic E-state index is 12.1. The summed E-state index contributed by atoms with van der Waals surface area (Å²) in [5.74, 6) is -0.0452. The van der Waals surface area contributed by atoms with Gasteiger partial charge in [0.15, 0.2) is 0 Å². The molecule has 1 N–H and O–H groups in total. The zero-order valence-electron chi connectivity index (χ0n) is 12.6. The summed E-state index contributed by atoms with van der Waals surface area (Å²) >= 11 is 1.45. The minimum Gasteiger partial charge on any atom is -0.347 e. The molecule has 3 rings (SSSR count). The van der Waals surface area contributed by atoms with E-state index in [1.54, 1.807) is 10.9 Å². The van der Waals surface area contributed by atoms with Gasteiger partial charge in [0, 0.05) is 24.5 Å². The number of aromatic nitrogens is 1. The third kappa shape index (κ3) is 4.15. The molecule has 5 heteroatoms. The van der Waals surface area contributed by atoms with Crippen molar-refractivity contribution in [3.8, 4) is 0 Å². The minimum atomic E-state index is -0.0452. The van der Waals surface area contributed by atoms with Crippen molar-refractivity contribution in [3.05, 3.63) is 52.5 Å². The van der Waals surface area contributed by atoms with Crippen molar-refractivity contribution < 1.29 is 4.79 Å². The summed E-state index contributed by atoms with van der Waals surface area (Å²) in [6.07, 6.45) is 3.25. The molecule has 0 radical (unpaired) electrons. The number of carbonyl (C=O) groups is 1. The van der Waals surface area contributed by atoms with Crippen LogP contribution in [-0.4, -0.2) is 41.5 Å². The zero-order valence-corrected chi connectivity index (χ0v) is 13.4. The lowest BCUT2D eigenvalue weighted by atomic mass is 10.0. The van der Waals surface area contributed by atoms with Crippen LogP contribution >= 0.6 is 11.3 Å². The van der Waals surface area contributed by atoms with E-state index in [2.05, 4.69) is 45.5 Å². The van der Waals surface area contributed by atoms with Crippen molar-refractivity contribution in [2.45, 2.75) is 25.3 Å². The fraction of sp³-hybridized carbons (Fsp3) is 0.412. The fourth-order valence-corrected chi connectivity index (χ4v) is 3.42. The topological polar surface area (TPSA) is 45.2 Å². The maximum Gasteiger partial charge on any atom is 0.271 e. The third-order valence-electron chi connectivity index (χ3n) is 4.07. The summed E-state index contributed by atoms with van der Waals surface area (Å²) < 4.78 is 0. The summed E-state index contributed by atoms with van der Waals surface area (Å²) in [5.41, 5.74) is 3.60. The Morgan fingerprint density at radius 1 is 1.36 bits per heavy atom. The van der Waals surface area contributed by atoms with E-state index in [-0.39, 0.29) is 11.9 Å². The lowest BCUT2D eigenvalue weighted by Gasteiger charge is -2.33. The summed E-state index contributed by atoms with van der Waals surface area (Å²) in [4.78, 5) is 18.6. The van der Waals surface area contributed by atoms with Crippen LogP contribution in [0.5, 0.6) is 0 Å². The first-order chi connectivity index (χ1) is 10.8. The maximum absolute atomic E-state index is 12.1. The van der Waals surface area contributed by atoms with Crippen LogP contribution in [0, 0.1) is 0 Å². The first-order valence-corrected chi connectivity index (χ1v) is 8.71. The van der Waals surface area contributed by atoms with Crippen LogP contribution in [0.3, 0.4) is 0 Å². The van der Waals surface area contributed by atoms with Crippen LogP contribution < -0.4 is 5.32 Å². The van der Waals surface area contributed by atoms with Gasteiger partial charge in [0.2, 0.25) is 0 Å². The molecule has 2 heterocycles. The van der Waals surface area contributed by atoms with Gasteiger partial charge in [-0.15, -0.1) is 11.3 Å². The number of carbonyl (C=O) groups excluding carboxylic acids is 1. The molecular weight excluding hydrogens is 294 g/mol. The van der Waals surface area contributed by atoms with Gasteiger partial charge in [0.25, 0.3) is 5.91 Å². The van der Waals surface area contributed by atoms with Crippen molar-refractivity contribution in [2.24, 2.45) is 0 Å². The Labute approximate surface area is 135 Å². The van der Waals surface area contributed by atoms with Gasteiger partial charge in [-0.3, -0.25) is 4.79 Å². The highest BCUT2D eigenvalue weighted by atomic mass is 32.1. The van der Waals surface area contributed by atoms with Gasteiger partial charge in [-0.2, -0.15) is 0 Å². The van der Waals surface area contributed by atoms with E-state index < -0.39 is 0 Å². The first-order valence-electron chi connectivity index (χ1n) is 7.76. The van der Waals surface area contributed by atoms with Gasteiger partial charge in [0.1, 0.15) is 5.69 Å². The molecule has 1 atom stereocenters. The van der Waals surface area contributed by atoms with Crippen molar-refractivity contribution in [1.29, 1.82) is 0 Å². The van der Waals surface area contributed by atoms with E-state index >= 15 is 0 Å². The average Bonchev–Trinajstić information content (AvgIpc) is 3.09. The second-order valence-corrected chi connectivity index (χ2v) is 6.44. The van der Waals surface area contributed by atoms with E-state index in [0.717, 1.165) is 38.9 Å². The number of likely N-dealkylation sites (tertiary alicyclic amines) is 1. The molecule has 22 heavy (non-hydrogen) atoms. The number of nitrogens with zero attached hydrogens (tertiary/aromatic N) is 2. The van der Waals surface area contributed by atoms with E-state index in [4.69, 9.17) is 0 Å². The number of hydrogen-bond donors (Lipinski definition) is 1. The van der Waals surface area contributed by atoms with Crippen LogP contribution in [0.2, 0.25) is 0 Å². The van der Waals surface area contributed by atoms with Crippen LogP contribution in [0.15, 0.2) is 41.2 Å². The van der Waals surface area contributed by atoms with Crippen LogP contribution in [0.1, 0.15) is 28.9 Å². The van der Waals surface area contributed by atoms with Gasteiger partial charge >= 0.3 is 0 Å². The normalized spacial score (nSPS) is 19.0. The summed E-state index contributed by atoms with van der Waals surface area (Å²) in [6.45, 7) is 3.10. The van der Waals surface area contributed by atoms with Gasteiger partial charge in [0.05, 0.1) is 5.51 Å². The average molecular weight is 315 g/mol. The SMILES string of the molecule is O=C(N[C@@H]1CCCN(CCc2ccccc2)C1)c1cscn1. The highest BCUT2D eigenvalue weighted by molar-refractivity contribution is 7.07. The molecule has 0 aliphatic carbocycles. The molecule has 1 aliphatic heterocycles. The molecule has 116 valence electrons. The monoisotopic (exact) mass is 315 g/mol. The van der Waals surface area contributed by atoms with Crippen molar-refractivity contribution in [1.82, 2.24) is 15.2 Å². The number of thiazole rings is 1. The summed E-state index contributed by atoms with van der Waals surface area (Å²) in [5, 5.41) is 4.91. The van der Waals surface area contributed by atoms with E-state index in [1.807, 2.05) is 0 Å². The Balaban J connectivity index is 1.48. The van der Waals surface area contributed by atoms with Crippen LogP contribution in [0.4, 0.5) is 0 Å². The Kier molecular flexibility index (Phi) is 5.19. The van der Waals surface area contributed by atoms with Gasteiger partial charge in [-0.05, 0) is 31.4 Å². The lowest BCUT2D eigenvalue weighted by molar-refractivity contribution is 0.0900.